The molecule has 0 saturated heterocycles. The van der Waals surface area contributed by atoms with Crippen LogP contribution >= 0.6 is 0 Å². The van der Waals surface area contributed by atoms with Crippen LogP contribution in [0.1, 0.15) is 0 Å². The van der Waals surface area contributed by atoms with Gasteiger partial charge in [0.2, 0.25) is 0 Å². The monoisotopic (exact) mass is 158 g/mol. The molecule has 0 aromatic heterocycles. The summed E-state index contributed by atoms with van der Waals surface area (Å²) in [5, 5.41) is 3.50. The molecule has 3 aliphatic rings. The molecule has 3 rings (SSSR count). The lowest BCUT2D eigenvalue weighted by Crippen LogP contribution is -2.53. The molecular formula is C10H10N2. The molecule has 0 fully saturated rings. The zero-order chi connectivity index (χ0) is 7.97. The van der Waals surface area contributed by atoms with Gasteiger partial charge < -0.3 is 0 Å². The number of hydrogen-bond donors (Lipinski definition) is 1. The van der Waals surface area contributed by atoms with Crippen molar-refractivity contribution in [2.75, 3.05) is 0 Å². The fourth-order valence-electron chi connectivity index (χ4n) is 1.80. The highest BCUT2D eigenvalue weighted by Crippen LogP contribution is 2.20. The zero-order valence-corrected chi connectivity index (χ0v) is 6.64. The largest absolute Gasteiger partial charge is 0.297 e. The maximum absolute atomic E-state index is 4.60. The van der Waals surface area contributed by atoms with E-state index in [-0.39, 0.29) is 0 Å². The summed E-state index contributed by atoms with van der Waals surface area (Å²) in [7, 11) is 0. The van der Waals surface area contributed by atoms with E-state index < -0.39 is 0 Å². The van der Waals surface area contributed by atoms with Gasteiger partial charge in [-0.15, -0.1) is 0 Å². The Balaban J connectivity index is 1.98. The Morgan fingerprint density at radius 1 is 1.17 bits per heavy atom. The third-order valence-electron chi connectivity index (χ3n) is 2.55. The minimum absolute atomic E-state index is 0.325. The third kappa shape index (κ3) is 0.756. The first-order valence-electron chi connectivity index (χ1n) is 4.30. The smallest absolute Gasteiger partial charge is 0.0876 e. The Labute approximate surface area is 71.4 Å². The predicted molar refractivity (Wildman–Crippen MR) is 49.4 cm³/mol. The van der Waals surface area contributed by atoms with Crippen molar-refractivity contribution in [1.29, 1.82) is 0 Å². The lowest BCUT2D eigenvalue weighted by atomic mass is 9.92. The number of rotatable bonds is 0. The van der Waals surface area contributed by atoms with Crippen LogP contribution in [0.25, 0.3) is 0 Å². The van der Waals surface area contributed by atoms with Crippen LogP contribution in [-0.4, -0.2) is 23.8 Å². The molecule has 60 valence electrons. The number of fused-ring (bicyclic) bond motifs is 2. The number of nitrogens with zero attached hydrogens (tertiary/aromatic N) is 1. The summed E-state index contributed by atoms with van der Waals surface area (Å²) >= 11 is 0. The SMILES string of the molecule is C1=CC2N=C3C=CC3NC2C=C1. The summed E-state index contributed by atoms with van der Waals surface area (Å²) in [6.07, 6.45) is 12.7. The second-order valence-corrected chi connectivity index (χ2v) is 3.34. The Hall–Kier alpha value is -1.15. The minimum atomic E-state index is 0.325. The molecule has 0 saturated carbocycles. The Kier molecular flexibility index (Phi) is 1.15. The van der Waals surface area contributed by atoms with E-state index in [1.807, 2.05) is 0 Å². The van der Waals surface area contributed by atoms with Crippen molar-refractivity contribution >= 4 is 5.71 Å². The van der Waals surface area contributed by atoms with E-state index in [9.17, 15) is 0 Å². The van der Waals surface area contributed by atoms with Crippen molar-refractivity contribution in [3.8, 4) is 0 Å². The molecule has 2 aliphatic carbocycles. The van der Waals surface area contributed by atoms with Crippen molar-refractivity contribution in [2.24, 2.45) is 4.99 Å². The quantitative estimate of drug-likeness (QED) is 0.555. The highest BCUT2D eigenvalue weighted by Gasteiger charge is 2.30. The molecule has 12 heavy (non-hydrogen) atoms. The van der Waals surface area contributed by atoms with Crippen LogP contribution < -0.4 is 5.32 Å². The van der Waals surface area contributed by atoms with Gasteiger partial charge in [-0.3, -0.25) is 10.3 Å². The number of hydrogen-bond acceptors (Lipinski definition) is 2. The molecule has 0 bridgehead atoms. The summed E-state index contributed by atoms with van der Waals surface area (Å²) in [5.74, 6) is 0. The molecule has 0 amide bonds. The highest BCUT2D eigenvalue weighted by atomic mass is 15.1. The van der Waals surface area contributed by atoms with Crippen LogP contribution in [0.2, 0.25) is 0 Å². The summed E-state index contributed by atoms with van der Waals surface area (Å²) < 4.78 is 0. The maximum atomic E-state index is 4.60. The van der Waals surface area contributed by atoms with E-state index in [2.05, 4.69) is 46.8 Å². The zero-order valence-electron chi connectivity index (χ0n) is 6.64. The number of nitrogens with one attached hydrogen (secondary N) is 1. The van der Waals surface area contributed by atoms with E-state index in [1.165, 1.54) is 5.71 Å². The predicted octanol–water partition coefficient (Wildman–Crippen LogP) is 0.832. The molecule has 3 unspecified atom stereocenters. The van der Waals surface area contributed by atoms with E-state index >= 15 is 0 Å². The molecule has 0 radical (unpaired) electrons. The first kappa shape index (κ1) is 6.38. The van der Waals surface area contributed by atoms with Crippen LogP contribution in [-0.2, 0) is 0 Å². The van der Waals surface area contributed by atoms with E-state index in [1.54, 1.807) is 0 Å². The average Bonchev–Trinajstić information content (AvgIpc) is 2.09. The minimum Gasteiger partial charge on any atom is -0.297 e. The molecule has 0 spiro atoms. The van der Waals surface area contributed by atoms with Gasteiger partial charge in [-0.25, -0.2) is 0 Å². The van der Waals surface area contributed by atoms with Gasteiger partial charge in [0.05, 0.1) is 23.8 Å². The van der Waals surface area contributed by atoms with E-state index in [0.717, 1.165) is 0 Å². The van der Waals surface area contributed by atoms with Crippen LogP contribution in [0.5, 0.6) is 0 Å². The standard InChI is InChI=1S/C10H10N2/c1-2-4-8-7(3-1)11-9-5-6-10(9)12-8/h1-9,11H. The number of allylic oxidation sites excluding steroid dienone is 2. The summed E-state index contributed by atoms with van der Waals surface area (Å²) in [6.45, 7) is 0. The molecular weight excluding hydrogens is 148 g/mol. The summed E-state index contributed by atoms with van der Waals surface area (Å²) in [6, 6.07) is 1.15. The molecule has 1 N–H and O–H groups in total. The van der Waals surface area contributed by atoms with Gasteiger partial charge in [0.15, 0.2) is 0 Å². The molecule has 2 nitrogen and oxygen atoms in total. The fraction of sp³-hybridized carbons (Fsp3) is 0.300. The molecule has 1 heterocycles. The van der Waals surface area contributed by atoms with Gasteiger partial charge in [-0.1, -0.05) is 30.4 Å². The van der Waals surface area contributed by atoms with Crippen molar-refractivity contribution in [1.82, 2.24) is 5.32 Å². The van der Waals surface area contributed by atoms with Crippen molar-refractivity contribution in [2.45, 2.75) is 18.1 Å². The van der Waals surface area contributed by atoms with Crippen LogP contribution in [0.4, 0.5) is 0 Å². The number of aliphatic imine (C=N–C) groups is 1. The molecule has 2 heteroatoms. The Morgan fingerprint density at radius 3 is 2.92 bits per heavy atom. The average molecular weight is 158 g/mol. The Morgan fingerprint density at radius 2 is 2.08 bits per heavy atom. The van der Waals surface area contributed by atoms with Gasteiger partial charge in [-0.05, 0) is 6.08 Å². The maximum Gasteiger partial charge on any atom is 0.0876 e. The van der Waals surface area contributed by atoms with Crippen LogP contribution in [0.15, 0.2) is 41.4 Å². The molecule has 0 aromatic carbocycles. The first-order chi connectivity index (χ1) is 5.93. The van der Waals surface area contributed by atoms with Gasteiger partial charge in [0.1, 0.15) is 0 Å². The van der Waals surface area contributed by atoms with Crippen molar-refractivity contribution in [3.05, 3.63) is 36.5 Å². The molecule has 1 aliphatic heterocycles. The van der Waals surface area contributed by atoms with Crippen LogP contribution in [0.3, 0.4) is 0 Å². The van der Waals surface area contributed by atoms with Gasteiger partial charge >= 0.3 is 0 Å². The lowest BCUT2D eigenvalue weighted by Gasteiger charge is -2.35. The van der Waals surface area contributed by atoms with Gasteiger partial charge in [0.25, 0.3) is 0 Å². The second kappa shape index (κ2) is 2.17. The topological polar surface area (TPSA) is 24.4 Å². The molecule has 0 aromatic rings. The van der Waals surface area contributed by atoms with E-state index in [0.29, 0.717) is 18.1 Å². The van der Waals surface area contributed by atoms with Gasteiger partial charge in [0, 0.05) is 0 Å². The summed E-state index contributed by atoms with van der Waals surface area (Å²) in [4.78, 5) is 4.60. The second-order valence-electron chi connectivity index (χ2n) is 3.34. The first-order valence-corrected chi connectivity index (χ1v) is 4.30. The molecule has 3 atom stereocenters. The summed E-state index contributed by atoms with van der Waals surface area (Å²) in [5.41, 5.74) is 1.20. The van der Waals surface area contributed by atoms with Gasteiger partial charge in [-0.2, -0.15) is 0 Å². The van der Waals surface area contributed by atoms with E-state index in [4.69, 9.17) is 0 Å². The van der Waals surface area contributed by atoms with Crippen molar-refractivity contribution in [3.63, 3.8) is 0 Å². The lowest BCUT2D eigenvalue weighted by molar-refractivity contribution is 0.512. The van der Waals surface area contributed by atoms with Crippen molar-refractivity contribution < 1.29 is 0 Å². The third-order valence-corrected chi connectivity index (χ3v) is 2.55. The normalized spacial score (nSPS) is 41.3. The fourth-order valence-corrected chi connectivity index (χ4v) is 1.80. The van der Waals surface area contributed by atoms with Crippen LogP contribution in [0, 0.1) is 0 Å². The highest BCUT2D eigenvalue weighted by molar-refractivity contribution is 6.07. The Bertz CT molecular complexity index is 323.